The van der Waals surface area contributed by atoms with Crippen molar-refractivity contribution < 1.29 is 66.1 Å². The minimum Gasteiger partial charge on any atom is -0.548 e. The Labute approximate surface area is 281 Å². The first-order valence-electron chi connectivity index (χ1n) is 13.6. The number of aliphatic carboxylic acids is 1. The van der Waals surface area contributed by atoms with E-state index in [9.17, 15) is 14.7 Å². The fourth-order valence-corrected chi connectivity index (χ4v) is 4.63. The van der Waals surface area contributed by atoms with Crippen molar-refractivity contribution in [3.63, 3.8) is 0 Å². The summed E-state index contributed by atoms with van der Waals surface area (Å²) in [6, 6.07) is 26.9. The smallest absolute Gasteiger partial charge is 0.548 e. The molecule has 0 aliphatic carbocycles. The molecule has 0 saturated heterocycles. The van der Waals surface area contributed by atoms with E-state index in [4.69, 9.17) is 24.4 Å². The minimum atomic E-state index is -4.94. The Morgan fingerprint density at radius 2 is 1.32 bits per heavy atom. The SMILES string of the molecule is N[C@@H](Cc1c[nH]c2ccccc12)C(=O)N[C@@H](Cc1ccccc1)C(=O)[O-].O.[Cu+2].[O-][Cl+3]([O-])([O-])[O-].c1cnc2c(c1)ccc1cccnc12. The number of carboxylic acid groups (broad SMARTS) is 1. The van der Waals surface area contributed by atoms with E-state index < -0.39 is 34.2 Å². The maximum atomic E-state index is 12.4. The van der Waals surface area contributed by atoms with Crippen molar-refractivity contribution >= 4 is 44.6 Å². The Morgan fingerprint density at radius 3 is 1.87 bits per heavy atom. The third-order valence-corrected chi connectivity index (χ3v) is 6.68. The van der Waals surface area contributed by atoms with E-state index in [0.717, 1.165) is 43.8 Å². The Bertz CT molecular complexity index is 1830. The van der Waals surface area contributed by atoms with Crippen LogP contribution in [0.2, 0.25) is 0 Å². The van der Waals surface area contributed by atoms with Crippen LogP contribution in [0.15, 0.2) is 110 Å². The second-order valence-corrected chi connectivity index (χ2v) is 10.6. The number of H-pyrrole nitrogens is 1. The van der Waals surface area contributed by atoms with Crippen molar-refractivity contribution in [3.8, 4) is 0 Å². The third kappa shape index (κ3) is 11.7. The number of para-hydroxylation sites is 1. The first kappa shape index (κ1) is 38.7. The van der Waals surface area contributed by atoms with Crippen molar-refractivity contribution in [1.82, 2.24) is 20.3 Å². The van der Waals surface area contributed by atoms with Gasteiger partial charge < -0.3 is 31.4 Å². The number of aromatic nitrogens is 3. The molecule has 0 aliphatic rings. The first-order chi connectivity index (χ1) is 21.5. The molecular formula is C32H30ClCuN5O8. The second-order valence-electron chi connectivity index (χ2n) is 9.83. The summed E-state index contributed by atoms with van der Waals surface area (Å²) in [5.41, 5.74) is 10.6. The molecule has 0 fully saturated rings. The van der Waals surface area contributed by atoms with Gasteiger partial charge in [-0.05, 0) is 42.2 Å². The maximum absolute atomic E-state index is 12.4. The number of hydrogen-bond donors (Lipinski definition) is 3. The fraction of sp³-hybridized carbons (Fsp3) is 0.125. The molecule has 3 aromatic carbocycles. The van der Waals surface area contributed by atoms with Gasteiger partial charge in [0, 0.05) is 40.3 Å². The number of amides is 1. The van der Waals surface area contributed by atoms with Gasteiger partial charge in [-0.25, -0.2) is 18.6 Å². The second kappa shape index (κ2) is 18.0. The van der Waals surface area contributed by atoms with Gasteiger partial charge in [-0.1, -0.05) is 72.8 Å². The summed E-state index contributed by atoms with van der Waals surface area (Å²) in [5.74, 6) is -1.85. The Morgan fingerprint density at radius 1 is 0.787 bits per heavy atom. The van der Waals surface area contributed by atoms with Gasteiger partial charge in [-0.2, -0.15) is 0 Å². The number of benzene rings is 3. The van der Waals surface area contributed by atoms with Crippen molar-refractivity contribution in [3.05, 3.63) is 121 Å². The molecule has 6 N–H and O–H groups in total. The molecule has 15 heteroatoms. The molecule has 6 aromatic rings. The molecule has 2 atom stereocenters. The van der Waals surface area contributed by atoms with E-state index in [1.54, 1.807) is 24.5 Å². The van der Waals surface area contributed by atoms with Gasteiger partial charge in [-0.15, -0.1) is 10.2 Å². The monoisotopic (exact) mass is 710 g/mol. The number of carboxylic acids is 1. The van der Waals surface area contributed by atoms with E-state index in [1.807, 2.05) is 60.8 Å². The fourth-order valence-electron chi connectivity index (χ4n) is 4.63. The van der Waals surface area contributed by atoms with Crippen LogP contribution in [-0.4, -0.2) is 44.4 Å². The van der Waals surface area contributed by atoms with E-state index in [0.29, 0.717) is 6.42 Å². The molecule has 0 spiro atoms. The number of halogens is 1. The van der Waals surface area contributed by atoms with Crippen LogP contribution in [0.1, 0.15) is 11.1 Å². The summed E-state index contributed by atoms with van der Waals surface area (Å²) in [6.45, 7) is 0. The quantitative estimate of drug-likeness (QED) is 0.118. The molecule has 1 amide bonds. The number of carbonyl (C=O) groups excluding carboxylic acids is 2. The van der Waals surface area contributed by atoms with Crippen molar-refractivity contribution in [2.75, 3.05) is 0 Å². The summed E-state index contributed by atoms with van der Waals surface area (Å²) in [4.78, 5) is 35.6. The standard InChI is InChI=1S/C20H21N3O3.C12H8N2.ClHO4.Cu.H2O/c21-16(11-14-12-22-17-9-5-4-8-15(14)17)19(24)23-18(20(25)26)10-13-6-2-1-3-7-13;1-3-9-5-6-10-4-2-8-14-12(10)11(9)13-7-1;2-1(3,4)5;;/h1-9,12,16,18,22H,10-11,21H2,(H,23,24)(H,25,26);1-8H;(H,2,3,4,5);;1H2/q;;;+2;/p-2/t16-,18-;;;;/m0..../s1. The first-order valence-corrected chi connectivity index (χ1v) is 14.8. The van der Waals surface area contributed by atoms with Gasteiger partial charge in [0.15, 0.2) is 0 Å². The number of fused-ring (bicyclic) bond motifs is 4. The van der Waals surface area contributed by atoms with Crippen molar-refractivity contribution in [2.45, 2.75) is 24.9 Å². The number of hydrogen-bond acceptors (Lipinski definition) is 10. The molecule has 13 nitrogen and oxygen atoms in total. The van der Waals surface area contributed by atoms with Gasteiger partial charge in [0.05, 0.1) is 29.1 Å². The van der Waals surface area contributed by atoms with Crippen molar-refractivity contribution in [1.29, 1.82) is 0 Å². The van der Waals surface area contributed by atoms with Gasteiger partial charge in [0.1, 0.15) is 0 Å². The van der Waals surface area contributed by atoms with Crippen LogP contribution in [0, 0.1) is 10.2 Å². The Hall–Kier alpha value is -4.47. The molecule has 0 unspecified atom stereocenters. The van der Waals surface area contributed by atoms with Gasteiger partial charge in [-0.3, -0.25) is 14.8 Å². The average molecular weight is 712 g/mol. The van der Waals surface area contributed by atoms with E-state index >= 15 is 0 Å². The zero-order valence-electron chi connectivity index (χ0n) is 24.5. The predicted molar refractivity (Wildman–Crippen MR) is 158 cm³/mol. The van der Waals surface area contributed by atoms with Crippen LogP contribution in [0.4, 0.5) is 0 Å². The normalized spacial score (nSPS) is 11.9. The van der Waals surface area contributed by atoms with E-state index in [-0.39, 0.29) is 29.0 Å². The Balaban J connectivity index is 0.000000306. The van der Waals surface area contributed by atoms with Crippen LogP contribution in [0.25, 0.3) is 32.7 Å². The topological polar surface area (TPSA) is 261 Å². The molecule has 47 heavy (non-hydrogen) atoms. The minimum absolute atomic E-state index is 0. The molecular weight excluding hydrogens is 681 g/mol. The van der Waals surface area contributed by atoms with Gasteiger partial charge in [0.25, 0.3) is 0 Å². The van der Waals surface area contributed by atoms with Crippen LogP contribution >= 0.6 is 0 Å². The number of nitrogens with zero attached hydrogens (tertiary/aromatic N) is 2. The third-order valence-electron chi connectivity index (χ3n) is 6.68. The maximum Gasteiger partial charge on any atom is 2.00 e. The predicted octanol–water partition coefficient (Wildman–Crippen LogP) is -2.29. The number of rotatable bonds is 7. The summed E-state index contributed by atoms with van der Waals surface area (Å²) in [7, 11) is -4.94. The van der Waals surface area contributed by atoms with Crippen LogP contribution in [-0.2, 0) is 39.5 Å². The molecule has 6 rings (SSSR count). The summed E-state index contributed by atoms with van der Waals surface area (Å²) in [6.07, 6.45) is 5.88. The summed E-state index contributed by atoms with van der Waals surface area (Å²) >= 11 is 0. The van der Waals surface area contributed by atoms with Crippen molar-refractivity contribution in [2.24, 2.45) is 5.73 Å². The average Bonchev–Trinajstić information content (AvgIpc) is 3.43. The number of pyridine rings is 2. The zero-order chi connectivity index (χ0) is 32.4. The molecule has 0 aliphatic heterocycles. The molecule has 0 saturated carbocycles. The number of aromatic amines is 1. The molecule has 1 radical (unpaired) electrons. The van der Waals surface area contributed by atoms with Crippen LogP contribution < -0.4 is 34.8 Å². The van der Waals surface area contributed by atoms with E-state index in [1.165, 1.54) is 0 Å². The largest absolute Gasteiger partial charge is 2.00 e. The molecule has 3 aromatic heterocycles. The summed E-state index contributed by atoms with van der Waals surface area (Å²) in [5, 5.41) is 17.1. The number of carbonyl (C=O) groups is 2. The van der Waals surface area contributed by atoms with Crippen LogP contribution in [0.3, 0.4) is 0 Å². The Kier molecular flexibility index (Phi) is 14.8. The molecule has 249 valence electrons. The van der Waals surface area contributed by atoms with Crippen LogP contribution in [0.5, 0.6) is 0 Å². The zero-order valence-corrected chi connectivity index (χ0v) is 26.2. The van der Waals surface area contributed by atoms with Gasteiger partial charge in [0.2, 0.25) is 5.91 Å². The number of nitrogens with one attached hydrogen (secondary N) is 2. The summed E-state index contributed by atoms with van der Waals surface area (Å²) < 4.78 is 34.0. The number of nitrogens with two attached hydrogens (primary N) is 1. The van der Waals surface area contributed by atoms with E-state index in [2.05, 4.69) is 44.5 Å². The molecule has 3 heterocycles. The molecule has 0 bridgehead atoms. The van der Waals surface area contributed by atoms with Gasteiger partial charge >= 0.3 is 17.1 Å².